The summed E-state index contributed by atoms with van der Waals surface area (Å²) in [6.07, 6.45) is 2.43. The molecule has 0 saturated heterocycles. The average molecular weight is 439 g/mol. The molecule has 0 fully saturated rings. The number of hydrogen-bond acceptors (Lipinski definition) is 1. The number of aryl methyl sites for hydroxylation is 2. The molecule has 3 aromatic carbocycles. The van der Waals surface area contributed by atoms with Gasteiger partial charge in [-0.15, -0.1) is 0 Å². The van der Waals surface area contributed by atoms with E-state index in [0.717, 1.165) is 24.5 Å². The number of quaternary nitrogens is 1. The van der Waals surface area contributed by atoms with Crippen LogP contribution >= 0.6 is 0 Å². The van der Waals surface area contributed by atoms with Crippen molar-refractivity contribution in [1.29, 1.82) is 0 Å². The molecule has 1 aliphatic heterocycles. The van der Waals surface area contributed by atoms with Crippen LogP contribution in [0.15, 0.2) is 60.7 Å². The standard InChI is InChI=1S/C27H27F3NO/c28-27(29,30)26-6-2-5-23(18-26)20-10-13-31(32,14-11-20)12-9-19-7-8-24-16-21-3-1-4-22(21)17-25(24)15-19/h2,5-8,10,15-18,32H,1,3-4,9,11-14H2/q+1. The minimum atomic E-state index is -4.35. The second-order valence-corrected chi connectivity index (χ2v) is 9.19. The number of rotatable bonds is 4. The van der Waals surface area contributed by atoms with Crippen LogP contribution in [0.25, 0.3) is 16.3 Å². The number of fused-ring (bicyclic) bond motifs is 2. The third-order valence-corrected chi connectivity index (χ3v) is 6.97. The summed E-state index contributed by atoms with van der Waals surface area (Å²) >= 11 is 0. The van der Waals surface area contributed by atoms with Crippen LogP contribution < -0.4 is 0 Å². The Morgan fingerprint density at radius 3 is 2.38 bits per heavy atom. The molecule has 0 spiro atoms. The van der Waals surface area contributed by atoms with Crippen molar-refractivity contribution in [3.8, 4) is 0 Å². The van der Waals surface area contributed by atoms with E-state index >= 15 is 0 Å². The van der Waals surface area contributed by atoms with Gasteiger partial charge in [0.2, 0.25) is 0 Å². The summed E-state index contributed by atoms with van der Waals surface area (Å²) < 4.78 is 39.0. The van der Waals surface area contributed by atoms with Crippen molar-refractivity contribution in [3.05, 3.63) is 88.5 Å². The maximum absolute atomic E-state index is 13.0. The number of alkyl halides is 3. The highest BCUT2D eigenvalue weighted by Gasteiger charge is 2.32. The van der Waals surface area contributed by atoms with Crippen molar-refractivity contribution in [2.75, 3.05) is 19.6 Å². The van der Waals surface area contributed by atoms with E-state index in [2.05, 4.69) is 30.3 Å². The molecule has 0 saturated carbocycles. The van der Waals surface area contributed by atoms with Crippen LogP contribution in [-0.2, 0) is 25.4 Å². The molecule has 32 heavy (non-hydrogen) atoms. The highest BCUT2D eigenvalue weighted by atomic mass is 19.4. The fraction of sp³-hybridized carbons (Fsp3) is 0.333. The molecule has 2 nitrogen and oxygen atoms in total. The van der Waals surface area contributed by atoms with Crippen molar-refractivity contribution in [3.63, 3.8) is 0 Å². The predicted molar refractivity (Wildman–Crippen MR) is 120 cm³/mol. The Kier molecular flexibility index (Phi) is 5.34. The first-order valence-corrected chi connectivity index (χ1v) is 11.3. The van der Waals surface area contributed by atoms with E-state index in [-0.39, 0.29) is 4.65 Å². The Balaban J connectivity index is 1.27. The molecule has 0 radical (unpaired) electrons. The Morgan fingerprint density at radius 1 is 0.875 bits per heavy atom. The van der Waals surface area contributed by atoms with Gasteiger partial charge in [0.1, 0.15) is 19.6 Å². The number of halogens is 3. The summed E-state index contributed by atoms with van der Waals surface area (Å²) in [5, 5.41) is 13.6. The molecule has 1 N–H and O–H groups in total. The van der Waals surface area contributed by atoms with E-state index in [1.165, 1.54) is 52.4 Å². The number of benzene rings is 3. The van der Waals surface area contributed by atoms with Crippen molar-refractivity contribution >= 4 is 16.3 Å². The summed E-state index contributed by atoms with van der Waals surface area (Å²) in [6, 6.07) is 16.6. The molecule has 2 aliphatic rings. The third kappa shape index (κ3) is 4.32. The number of hydrogen-bond donors (Lipinski definition) is 1. The van der Waals surface area contributed by atoms with Crippen LogP contribution in [0.2, 0.25) is 0 Å². The van der Waals surface area contributed by atoms with Crippen molar-refractivity contribution in [2.24, 2.45) is 0 Å². The van der Waals surface area contributed by atoms with E-state index in [0.29, 0.717) is 31.6 Å². The van der Waals surface area contributed by atoms with E-state index in [1.807, 2.05) is 6.08 Å². The van der Waals surface area contributed by atoms with Crippen LogP contribution in [0.1, 0.15) is 40.7 Å². The highest BCUT2D eigenvalue weighted by molar-refractivity contribution is 5.85. The molecule has 0 aromatic heterocycles. The lowest BCUT2D eigenvalue weighted by molar-refractivity contribution is -1.10. The average Bonchev–Trinajstić information content (AvgIpc) is 3.23. The summed E-state index contributed by atoms with van der Waals surface area (Å²) in [6.45, 7) is 1.50. The molecule has 0 amide bonds. The van der Waals surface area contributed by atoms with Crippen LogP contribution in [-0.4, -0.2) is 29.5 Å². The molecule has 5 heteroatoms. The first-order valence-electron chi connectivity index (χ1n) is 11.3. The number of nitrogens with zero attached hydrogens (tertiary/aromatic N) is 1. The fourth-order valence-electron chi connectivity index (χ4n) is 5.03. The van der Waals surface area contributed by atoms with Gasteiger partial charge in [0.25, 0.3) is 0 Å². The summed E-state index contributed by atoms with van der Waals surface area (Å²) in [5.41, 5.74) is 4.97. The lowest BCUT2D eigenvalue weighted by Crippen LogP contribution is -2.48. The molecule has 5 rings (SSSR count). The highest BCUT2D eigenvalue weighted by Crippen LogP contribution is 2.33. The van der Waals surface area contributed by atoms with Crippen LogP contribution in [0, 0.1) is 0 Å². The van der Waals surface area contributed by atoms with Crippen molar-refractivity contribution in [1.82, 2.24) is 0 Å². The van der Waals surface area contributed by atoms with Gasteiger partial charge >= 0.3 is 6.18 Å². The SMILES string of the molecule is O[N+]1(CCc2ccc3cc4c(cc3c2)CCC4)CC=C(c2cccc(C(F)(F)F)c2)CC1. The Morgan fingerprint density at radius 2 is 1.66 bits per heavy atom. The van der Waals surface area contributed by atoms with Gasteiger partial charge < -0.3 is 0 Å². The Hall–Kier alpha value is -2.63. The molecule has 1 heterocycles. The minimum absolute atomic E-state index is 0.0787. The smallest absolute Gasteiger partial charge is 0.217 e. The van der Waals surface area contributed by atoms with Gasteiger partial charge in [-0.2, -0.15) is 17.8 Å². The summed E-state index contributed by atoms with van der Waals surface area (Å²) in [7, 11) is 0. The zero-order chi connectivity index (χ0) is 22.3. The van der Waals surface area contributed by atoms with E-state index in [9.17, 15) is 18.4 Å². The second kappa shape index (κ2) is 8.05. The van der Waals surface area contributed by atoms with Gasteiger partial charge in [-0.3, -0.25) is 0 Å². The molecule has 166 valence electrons. The second-order valence-electron chi connectivity index (χ2n) is 9.19. The van der Waals surface area contributed by atoms with E-state index in [1.54, 1.807) is 6.07 Å². The predicted octanol–water partition coefficient (Wildman–Crippen LogP) is 6.58. The Bertz CT molecular complexity index is 1200. The molecule has 0 bridgehead atoms. The third-order valence-electron chi connectivity index (χ3n) is 6.97. The minimum Gasteiger partial charge on any atom is -0.217 e. The van der Waals surface area contributed by atoms with Crippen LogP contribution in [0.3, 0.4) is 0 Å². The van der Waals surface area contributed by atoms with Gasteiger partial charge in [0.15, 0.2) is 0 Å². The van der Waals surface area contributed by atoms with Crippen LogP contribution in [0.5, 0.6) is 0 Å². The normalized spacial score (nSPS) is 20.9. The summed E-state index contributed by atoms with van der Waals surface area (Å²) in [5.74, 6) is 0. The lowest BCUT2D eigenvalue weighted by Gasteiger charge is -2.33. The van der Waals surface area contributed by atoms with Crippen LogP contribution in [0.4, 0.5) is 13.2 Å². The van der Waals surface area contributed by atoms with Gasteiger partial charge in [-0.05, 0) is 76.1 Å². The maximum Gasteiger partial charge on any atom is 0.416 e. The number of hydroxylamine groups is 3. The maximum atomic E-state index is 13.0. The zero-order valence-corrected chi connectivity index (χ0v) is 18.0. The molecular weight excluding hydrogens is 411 g/mol. The fourth-order valence-corrected chi connectivity index (χ4v) is 5.03. The van der Waals surface area contributed by atoms with Gasteiger partial charge in [0, 0.05) is 12.8 Å². The molecule has 1 aliphatic carbocycles. The molecule has 3 aromatic rings. The summed E-state index contributed by atoms with van der Waals surface area (Å²) in [4.78, 5) is 0. The zero-order valence-electron chi connectivity index (χ0n) is 18.0. The van der Waals surface area contributed by atoms with E-state index < -0.39 is 11.7 Å². The topological polar surface area (TPSA) is 20.2 Å². The first-order chi connectivity index (χ1) is 15.3. The molecule has 1 atom stereocenters. The Labute approximate surface area is 186 Å². The largest absolute Gasteiger partial charge is 0.416 e. The van der Waals surface area contributed by atoms with Crippen molar-refractivity contribution in [2.45, 2.75) is 38.3 Å². The van der Waals surface area contributed by atoms with Gasteiger partial charge in [-0.25, -0.2) is 5.21 Å². The molecular formula is C27H27F3NO+. The first kappa shape index (κ1) is 21.2. The van der Waals surface area contributed by atoms with Gasteiger partial charge in [0.05, 0.1) is 5.56 Å². The quantitative estimate of drug-likeness (QED) is 0.456. The van der Waals surface area contributed by atoms with Crippen molar-refractivity contribution < 1.29 is 23.0 Å². The molecule has 1 unspecified atom stereocenters. The van der Waals surface area contributed by atoms with Gasteiger partial charge in [-0.1, -0.05) is 42.5 Å². The monoisotopic (exact) mass is 438 g/mol. The lowest BCUT2D eigenvalue weighted by atomic mass is 9.97. The van der Waals surface area contributed by atoms with E-state index in [4.69, 9.17) is 0 Å².